The Bertz CT molecular complexity index is 287. The van der Waals surface area contributed by atoms with Crippen LogP contribution in [0.25, 0.3) is 0 Å². The van der Waals surface area contributed by atoms with Crippen molar-refractivity contribution >= 4 is 6.03 Å². The molecule has 1 aliphatic heterocycles. The van der Waals surface area contributed by atoms with E-state index in [4.69, 9.17) is 5.73 Å². The average Bonchev–Trinajstić information content (AvgIpc) is 2.86. The summed E-state index contributed by atoms with van der Waals surface area (Å²) in [6.07, 6.45) is 5.79. The van der Waals surface area contributed by atoms with Crippen molar-refractivity contribution in [3.05, 3.63) is 0 Å². The van der Waals surface area contributed by atoms with Gasteiger partial charge in [-0.25, -0.2) is 4.79 Å². The van der Waals surface area contributed by atoms with Crippen LogP contribution in [0.15, 0.2) is 0 Å². The predicted octanol–water partition coefficient (Wildman–Crippen LogP) is 1.90. The van der Waals surface area contributed by atoms with Crippen molar-refractivity contribution in [2.24, 2.45) is 17.6 Å². The number of piperidine rings is 1. The Hall–Kier alpha value is -0.770. The summed E-state index contributed by atoms with van der Waals surface area (Å²) in [6, 6.07) is 0.578. The quantitative estimate of drug-likeness (QED) is 0.817. The number of hydrogen-bond acceptors (Lipinski definition) is 2. The zero-order valence-electron chi connectivity index (χ0n) is 11.8. The third kappa shape index (κ3) is 2.79. The molecule has 2 atom stereocenters. The molecule has 0 aromatic rings. The van der Waals surface area contributed by atoms with Crippen LogP contribution in [0.2, 0.25) is 0 Å². The van der Waals surface area contributed by atoms with Gasteiger partial charge in [0.1, 0.15) is 0 Å². The molecule has 18 heavy (non-hydrogen) atoms. The molecule has 0 bridgehead atoms. The van der Waals surface area contributed by atoms with Gasteiger partial charge in [-0.05, 0) is 44.1 Å². The molecule has 2 fully saturated rings. The third-order valence-electron chi connectivity index (χ3n) is 4.78. The molecule has 2 rings (SSSR count). The Morgan fingerprint density at radius 3 is 2.56 bits per heavy atom. The number of rotatable bonds is 2. The normalized spacial score (nSPS) is 29.6. The Kier molecular flexibility index (Phi) is 4.49. The van der Waals surface area contributed by atoms with Gasteiger partial charge >= 0.3 is 6.03 Å². The number of likely N-dealkylation sites (tertiary alicyclic amines) is 1. The van der Waals surface area contributed by atoms with Gasteiger partial charge in [-0.15, -0.1) is 0 Å². The van der Waals surface area contributed by atoms with Crippen molar-refractivity contribution in [2.75, 3.05) is 26.7 Å². The first-order valence-corrected chi connectivity index (χ1v) is 7.35. The fourth-order valence-electron chi connectivity index (χ4n) is 3.37. The summed E-state index contributed by atoms with van der Waals surface area (Å²) in [5.74, 6) is 1.27. The lowest BCUT2D eigenvalue weighted by molar-refractivity contribution is 0.121. The van der Waals surface area contributed by atoms with E-state index in [0.717, 1.165) is 38.3 Å². The van der Waals surface area contributed by atoms with E-state index in [2.05, 4.69) is 6.92 Å². The van der Waals surface area contributed by atoms with Gasteiger partial charge in [0, 0.05) is 26.2 Å². The molecule has 4 nitrogen and oxygen atoms in total. The fourth-order valence-corrected chi connectivity index (χ4v) is 3.37. The van der Waals surface area contributed by atoms with Crippen LogP contribution in [0.3, 0.4) is 0 Å². The average molecular weight is 253 g/mol. The van der Waals surface area contributed by atoms with Crippen molar-refractivity contribution in [3.8, 4) is 0 Å². The maximum Gasteiger partial charge on any atom is 0.319 e. The zero-order chi connectivity index (χ0) is 13.1. The smallest absolute Gasteiger partial charge is 0.319 e. The second kappa shape index (κ2) is 5.91. The number of nitrogens with two attached hydrogens (primary N) is 1. The molecule has 0 aromatic carbocycles. The fraction of sp³-hybridized carbons (Fsp3) is 0.929. The van der Waals surface area contributed by atoms with E-state index in [9.17, 15) is 4.79 Å². The number of nitrogens with zero attached hydrogens (tertiary/aromatic N) is 2. The Balaban J connectivity index is 1.91. The first-order valence-electron chi connectivity index (χ1n) is 7.35. The van der Waals surface area contributed by atoms with Crippen LogP contribution < -0.4 is 5.73 Å². The Labute approximate surface area is 110 Å². The second-order valence-corrected chi connectivity index (χ2v) is 6.06. The van der Waals surface area contributed by atoms with Crippen LogP contribution in [0, 0.1) is 11.8 Å². The van der Waals surface area contributed by atoms with Crippen LogP contribution in [-0.2, 0) is 0 Å². The maximum absolute atomic E-state index is 12.5. The molecule has 104 valence electrons. The Morgan fingerprint density at radius 2 is 1.94 bits per heavy atom. The highest BCUT2D eigenvalue weighted by atomic mass is 16.2. The maximum atomic E-state index is 12.5. The van der Waals surface area contributed by atoms with E-state index in [0.29, 0.717) is 18.5 Å². The van der Waals surface area contributed by atoms with Gasteiger partial charge in [-0.1, -0.05) is 13.3 Å². The van der Waals surface area contributed by atoms with Gasteiger partial charge in [0.2, 0.25) is 0 Å². The molecule has 4 heteroatoms. The highest BCUT2D eigenvalue weighted by Crippen LogP contribution is 2.29. The first-order chi connectivity index (χ1) is 8.63. The lowest BCUT2D eigenvalue weighted by atomic mass is 9.99. The molecule has 1 heterocycles. The van der Waals surface area contributed by atoms with E-state index in [1.165, 1.54) is 12.8 Å². The molecule has 1 saturated heterocycles. The number of carbonyl (C=O) groups excluding carboxylic acids is 1. The van der Waals surface area contributed by atoms with Crippen molar-refractivity contribution in [2.45, 2.75) is 45.1 Å². The van der Waals surface area contributed by atoms with Crippen molar-refractivity contribution in [3.63, 3.8) is 0 Å². The lowest BCUT2D eigenvalue weighted by Crippen LogP contribution is -2.50. The highest BCUT2D eigenvalue weighted by Gasteiger charge is 2.34. The highest BCUT2D eigenvalue weighted by molar-refractivity contribution is 5.74. The van der Waals surface area contributed by atoms with E-state index in [1.54, 1.807) is 0 Å². The molecule has 2 N–H and O–H groups in total. The molecular weight excluding hydrogens is 226 g/mol. The number of amides is 2. The summed E-state index contributed by atoms with van der Waals surface area (Å²) in [5, 5.41) is 0. The predicted molar refractivity (Wildman–Crippen MR) is 73.3 cm³/mol. The first kappa shape index (κ1) is 13.7. The molecule has 2 unspecified atom stereocenters. The van der Waals surface area contributed by atoms with Crippen LogP contribution in [-0.4, -0.2) is 48.6 Å². The van der Waals surface area contributed by atoms with Crippen LogP contribution >= 0.6 is 0 Å². The van der Waals surface area contributed by atoms with E-state index >= 15 is 0 Å². The standard InChI is InChI=1S/C14H27N3O/c1-11-6-8-17(9-7-11)14(18)16(2)13-5-3-4-12(13)10-15/h11-13H,3-10,15H2,1-2H3. The van der Waals surface area contributed by atoms with Gasteiger partial charge in [-0.3, -0.25) is 0 Å². The number of carbonyl (C=O) groups is 1. The van der Waals surface area contributed by atoms with Crippen LogP contribution in [0.4, 0.5) is 4.79 Å². The monoisotopic (exact) mass is 253 g/mol. The van der Waals surface area contributed by atoms with Gasteiger partial charge in [-0.2, -0.15) is 0 Å². The summed E-state index contributed by atoms with van der Waals surface area (Å²) in [5.41, 5.74) is 5.81. The second-order valence-electron chi connectivity index (χ2n) is 6.06. The molecule has 1 saturated carbocycles. The van der Waals surface area contributed by atoms with Crippen LogP contribution in [0.5, 0.6) is 0 Å². The van der Waals surface area contributed by atoms with Crippen molar-refractivity contribution < 1.29 is 4.79 Å². The molecule has 1 aliphatic carbocycles. The topological polar surface area (TPSA) is 49.6 Å². The minimum Gasteiger partial charge on any atom is -0.330 e. The van der Waals surface area contributed by atoms with E-state index in [-0.39, 0.29) is 6.03 Å². The molecule has 0 aromatic heterocycles. The number of hydrogen-bond donors (Lipinski definition) is 1. The lowest BCUT2D eigenvalue weighted by Gasteiger charge is -2.37. The summed E-state index contributed by atoms with van der Waals surface area (Å²) in [4.78, 5) is 16.4. The Morgan fingerprint density at radius 1 is 1.28 bits per heavy atom. The molecule has 0 radical (unpaired) electrons. The summed E-state index contributed by atoms with van der Waals surface area (Å²) < 4.78 is 0. The largest absolute Gasteiger partial charge is 0.330 e. The summed E-state index contributed by atoms with van der Waals surface area (Å²) in [6.45, 7) is 4.82. The summed E-state index contributed by atoms with van der Waals surface area (Å²) >= 11 is 0. The van der Waals surface area contributed by atoms with Gasteiger partial charge in [0.25, 0.3) is 0 Å². The van der Waals surface area contributed by atoms with Crippen LogP contribution in [0.1, 0.15) is 39.0 Å². The molecular formula is C14H27N3O. The van der Waals surface area contributed by atoms with Gasteiger partial charge in [0.15, 0.2) is 0 Å². The number of urea groups is 1. The van der Waals surface area contributed by atoms with Crippen molar-refractivity contribution in [1.29, 1.82) is 0 Å². The minimum absolute atomic E-state index is 0.215. The molecule has 2 aliphatic rings. The van der Waals surface area contributed by atoms with Gasteiger partial charge in [0.05, 0.1) is 0 Å². The minimum atomic E-state index is 0.215. The van der Waals surface area contributed by atoms with E-state index < -0.39 is 0 Å². The zero-order valence-corrected chi connectivity index (χ0v) is 11.8. The molecule has 2 amide bonds. The van der Waals surface area contributed by atoms with E-state index in [1.807, 2.05) is 16.8 Å². The molecule has 0 spiro atoms. The van der Waals surface area contributed by atoms with Crippen molar-refractivity contribution in [1.82, 2.24) is 9.80 Å². The SMILES string of the molecule is CC1CCN(C(=O)N(C)C2CCCC2CN)CC1. The summed E-state index contributed by atoms with van der Waals surface area (Å²) in [7, 11) is 1.96. The van der Waals surface area contributed by atoms with Gasteiger partial charge < -0.3 is 15.5 Å². The third-order valence-corrected chi connectivity index (χ3v) is 4.78.